The summed E-state index contributed by atoms with van der Waals surface area (Å²) in [5.41, 5.74) is -0.162. The van der Waals surface area contributed by atoms with E-state index in [9.17, 15) is 9.59 Å². The van der Waals surface area contributed by atoms with Crippen LogP contribution in [-0.2, 0) is 14.3 Å². The lowest BCUT2D eigenvalue weighted by Crippen LogP contribution is -2.39. The molecule has 2 fully saturated rings. The molecule has 0 saturated heterocycles. The molecule has 1 N–H and O–H groups in total. The van der Waals surface area contributed by atoms with Crippen LogP contribution in [0.25, 0.3) is 0 Å². The minimum absolute atomic E-state index is 0.0886. The van der Waals surface area contributed by atoms with E-state index in [4.69, 9.17) is 15.1 Å². The highest BCUT2D eigenvalue weighted by Gasteiger charge is 2.63. The van der Waals surface area contributed by atoms with Gasteiger partial charge >= 0.3 is 11.9 Å². The molecule has 0 heterocycles. The van der Waals surface area contributed by atoms with E-state index in [1.165, 1.54) is 0 Å². The second kappa shape index (κ2) is 5.62. The van der Waals surface area contributed by atoms with Gasteiger partial charge in [-0.05, 0) is 42.4 Å². The average Bonchev–Trinajstić information content (AvgIpc) is 2.76. The summed E-state index contributed by atoms with van der Waals surface area (Å²) in [7, 11) is 0. The summed E-state index contributed by atoms with van der Waals surface area (Å²) >= 11 is 0.499. The minimum Gasteiger partial charge on any atom is -0.480 e. The summed E-state index contributed by atoms with van der Waals surface area (Å²) in [6, 6.07) is 0. The van der Waals surface area contributed by atoms with Crippen LogP contribution >= 0.6 is 11.8 Å². The zero-order valence-corrected chi connectivity index (χ0v) is 13.9. The number of hydrogen-bond acceptors (Lipinski definition) is 5. The van der Waals surface area contributed by atoms with Gasteiger partial charge in [0.1, 0.15) is 16.8 Å². The Bertz CT molecular complexity index is 565. The Labute approximate surface area is 134 Å². The average molecular weight is 323 g/mol. The van der Waals surface area contributed by atoms with Crippen LogP contribution in [0.4, 0.5) is 0 Å². The highest BCUT2D eigenvalue weighted by atomic mass is 32.2. The van der Waals surface area contributed by atoms with Crippen LogP contribution in [0.2, 0.25) is 0 Å². The Morgan fingerprint density at radius 2 is 2.09 bits per heavy atom. The number of nitrogens with zero attached hydrogens (tertiary/aromatic N) is 1. The molecule has 22 heavy (non-hydrogen) atoms. The molecule has 2 bridgehead atoms. The molecule has 2 unspecified atom stereocenters. The first-order valence-corrected chi connectivity index (χ1v) is 8.20. The third-order valence-corrected chi connectivity index (χ3v) is 6.76. The molecule has 5 nitrogen and oxygen atoms in total. The number of fused-ring (bicyclic) bond motifs is 2. The molecule has 2 saturated carbocycles. The van der Waals surface area contributed by atoms with Crippen molar-refractivity contribution in [2.24, 2.45) is 16.7 Å². The first-order valence-electron chi connectivity index (χ1n) is 7.32. The highest BCUT2D eigenvalue weighted by molar-refractivity contribution is 8.05. The molecular formula is C16H21NO4S. The van der Waals surface area contributed by atoms with E-state index < -0.39 is 17.2 Å². The first-order chi connectivity index (χ1) is 10.1. The summed E-state index contributed by atoms with van der Waals surface area (Å²) in [6.45, 7) is 10.1. The number of carboxylic acids is 1. The molecule has 0 spiro atoms. The maximum Gasteiger partial charge on any atom is 0.335 e. The highest BCUT2D eigenvalue weighted by Crippen LogP contribution is 2.66. The van der Waals surface area contributed by atoms with E-state index in [1.807, 2.05) is 0 Å². The molecule has 2 rings (SSSR count). The van der Waals surface area contributed by atoms with Crippen LogP contribution in [0.15, 0.2) is 12.2 Å². The van der Waals surface area contributed by atoms with Crippen LogP contribution < -0.4 is 0 Å². The summed E-state index contributed by atoms with van der Waals surface area (Å²) in [4.78, 5) is 23.4. The van der Waals surface area contributed by atoms with Crippen molar-refractivity contribution in [2.75, 3.05) is 0 Å². The van der Waals surface area contributed by atoms with Crippen molar-refractivity contribution >= 4 is 23.7 Å². The molecular weight excluding hydrogens is 302 g/mol. The third-order valence-electron chi connectivity index (χ3n) is 5.94. The largest absolute Gasteiger partial charge is 0.480 e. The molecule has 6 heteroatoms. The van der Waals surface area contributed by atoms with E-state index in [0.29, 0.717) is 17.7 Å². The van der Waals surface area contributed by atoms with Crippen molar-refractivity contribution in [1.29, 1.82) is 5.26 Å². The van der Waals surface area contributed by atoms with Gasteiger partial charge in [0.05, 0.1) is 5.57 Å². The second-order valence-electron chi connectivity index (χ2n) is 6.96. The molecule has 120 valence electrons. The summed E-state index contributed by atoms with van der Waals surface area (Å²) in [5.74, 6) is -1.44. The van der Waals surface area contributed by atoms with Gasteiger partial charge in [-0.3, -0.25) is 4.79 Å². The summed E-state index contributed by atoms with van der Waals surface area (Å²) in [6.07, 6.45) is 2.74. The van der Waals surface area contributed by atoms with Gasteiger partial charge in [0.15, 0.2) is 0 Å². The lowest BCUT2D eigenvalue weighted by Gasteiger charge is -2.38. The van der Waals surface area contributed by atoms with Gasteiger partial charge in [0.25, 0.3) is 0 Å². The standard InChI is InChI=1S/C16H21NO4S/c1-9(12(13(18)19)22-8-17)14(20)21-11-7-10-5-6-16(11,4)15(10,2)3/h10-12H,1,5-7H2,2-4H3,(H,18,19)/t10-,11?,12?,16-/m1/s1. The van der Waals surface area contributed by atoms with Crippen molar-refractivity contribution in [2.45, 2.75) is 51.4 Å². The monoisotopic (exact) mass is 323 g/mol. The van der Waals surface area contributed by atoms with Gasteiger partial charge in [-0.25, -0.2) is 4.79 Å². The van der Waals surface area contributed by atoms with Gasteiger partial charge in [-0.15, -0.1) is 0 Å². The van der Waals surface area contributed by atoms with Crippen LogP contribution in [0.1, 0.15) is 40.0 Å². The van der Waals surface area contributed by atoms with Crippen molar-refractivity contribution in [3.05, 3.63) is 12.2 Å². The molecule has 0 aromatic heterocycles. The number of carbonyl (C=O) groups excluding carboxylic acids is 1. The van der Waals surface area contributed by atoms with Gasteiger partial charge in [0.2, 0.25) is 0 Å². The van der Waals surface area contributed by atoms with Gasteiger partial charge in [-0.1, -0.05) is 27.4 Å². The van der Waals surface area contributed by atoms with E-state index in [0.717, 1.165) is 19.3 Å². The van der Waals surface area contributed by atoms with Crippen molar-refractivity contribution in [3.8, 4) is 5.40 Å². The molecule has 0 aliphatic heterocycles. The predicted molar refractivity (Wildman–Crippen MR) is 82.9 cm³/mol. The number of carbonyl (C=O) groups is 2. The molecule has 0 amide bonds. The predicted octanol–water partition coefficient (Wildman–Crippen LogP) is 2.97. The molecule has 2 aliphatic rings. The minimum atomic E-state index is -1.28. The zero-order chi connectivity index (χ0) is 16.7. The van der Waals surface area contributed by atoms with Gasteiger partial charge < -0.3 is 9.84 Å². The molecule has 0 aromatic carbocycles. The lowest BCUT2D eigenvalue weighted by atomic mass is 9.70. The Balaban J connectivity index is 2.09. The number of esters is 1. The summed E-state index contributed by atoms with van der Waals surface area (Å²) in [5, 5.41) is 18.1. The van der Waals surface area contributed by atoms with Crippen LogP contribution in [0, 0.1) is 27.4 Å². The van der Waals surface area contributed by atoms with Crippen LogP contribution in [-0.4, -0.2) is 28.4 Å². The normalized spacial score (nSPS) is 33.0. The topological polar surface area (TPSA) is 87.4 Å². The Hall–Kier alpha value is -1.48. The quantitative estimate of drug-likeness (QED) is 0.475. The SMILES string of the molecule is C=C(C(=O)OC1C[C@H]2CC[C@@]1(C)C2(C)C)C(SC#N)C(=O)O. The zero-order valence-electron chi connectivity index (χ0n) is 13.1. The van der Waals surface area contributed by atoms with E-state index in [2.05, 4.69) is 27.4 Å². The number of hydrogen-bond donors (Lipinski definition) is 1. The second-order valence-corrected chi connectivity index (χ2v) is 7.85. The smallest absolute Gasteiger partial charge is 0.335 e. The Kier molecular flexibility index (Phi) is 4.31. The number of ether oxygens (including phenoxy) is 1. The first kappa shape index (κ1) is 16.9. The fraction of sp³-hybridized carbons (Fsp3) is 0.688. The van der Waals surface area contributed by atoms with Crippen LogP contribution in [0.3, 0.4) is 0 Å². The number of thioether (sulfide) groups is 1. The van der Waals surface area contributed by atoms with Crippen molar-refractivity contribution in [1.82, 2.24) is 0 Å². The van der Waals surface area contributed by atoms with E-state index >= 15 is 0 Å². The number of carboxylic acid groups (broad SMARTS) is 1. The molecule has 2 aliphatic carbocycles. The van der Waals surface area contributed by atoms with E-state index in [1.54, 1.807) is 5.40 Å². The lowest BCUT2D eigenvalue weighted by molar-refractivity contribution is -0.153. The Morgan fingerprint density at radius 1 is 1.45 bits per heavy atom. The number of rotatable bonds is 5. The third kappa shape index (κ3) is 2.41. The number of aliphatic carboxylic acids is 1. The van der Waals surface area contributed by atoms with Gasteiger partial charge in [0, 0.05) is 5.41 Å². The van der Waals surface area contributed by atoms with Gasteiger partial charge in [-0.2, -0.15) is 5.26 Å². The van der Waals surface area contributed by atoms with Crippen molar-refractivity contribution < 1.29 is 19.4 Å². The fourth-order valence-electron chi connectivity index (χ4n) is 3.94. The molecule has 4 atom stereocenters. The number of thiocyanates is 1. The van der Waals surface area contributed by atoms with E-state index in [-0.39, 0.29) is 22.5 Å². The molecule has 0 radical (unpaired) electrons. The van der Waals surface area contributed by atoms with Crippen molar-refractivity contribution in [3.63, 3.8) is 0 Å². The molecule has 0 aromatic rings. The number of nitriles is 1. The van der Waals surface area contributed by atoms with Crippen LogP contribution in [0.5, 0.6) is 0 Å². The summed E-state index contributed by atoms with van der Waals surface area (Å²) < 4.78 is 5.60. The Morgan fingerprint density at radius 3 is 2.50 bits per heavy atom. The fourth-order valence-corrected chi connectivity index (χ4v) is 4.39. The maximum atomic E-state index is 12.2. The maximum absolute atomic E-state index is 12.2.